The molecule has 1 unspecified atom stereocenters. The fourth-order valence-electron chi connectivity index (χ4n) is 3.70. The topological polar surface area (TPSA) is 67.8 Å². The molecule has 3 heterocycles. The van der Waals surface area contributed by atoms with Crippen molar-refractivity contribution in [2.45, 2.75) is 38.9 Å². The van der Waals surface area contributed by atoms with Crippen molar-refractivity contribution in [1.82, 2.24) is 14.9 Å². The Morgan fingerprint density at radius 3 is 2.74 bits per heavy atom. The molecule has 4 rings (SSSR count). The Bertz CT molecular complexity index is 812. The van der Waals surface area contributed by atoms with E-state index in [0.29, 0.717) is 12.5 Å². The van der Waals surface area contributed by atoms with E-state index in [4.69, 9.17) is 9.47 Å². The van der Waals surface area contributed by atoms with Gasteiger partial charge in [0.2, 0.25) is 5.88 Å². The standard InChI is InChI=1S/C20H26N4O3/c1-14(2)27-19-16-12-15(5-6-17(16)21-13-22-19)23-7-9-24(10-8-23)20(25)18-4-3-11-26-18/h5-6,12-14,18H,3-4,7-11H2,1-2H3. The molecule has 0 aliphatic carbocycles. The average molecular weight is 370 g/mol. The lowest BCUT2D eigenvalue weighted by molar-refractivity contribution is -0.141. The molecule has 0 saturated carbocycles. The molecule has 2 aliphatic rings. The largest absolute Gasteiger partial charge is 0.474 e. The molecular weight excluding hydrogens is 344 g/mol. The van der Waals surface area contributed by atoms with Gasteiger partial charge in [-0.05, 0) is 44.9 Å². The quantitative estimate of drug-likeness (QED) is 0.822. The van der Waals surface area contributed by atoms with Gasteiger partial charge in [-0.25, -0.2) is 9.97 Å². The van der Waals surface area contributed by atoms with Crippen LogP contribution in [0.2, 0.25) is 0 Å². The molecule has 2 saturated heterocycles. The molecule has 0 N–H and O–H groups in total. The lowest BCUT2D eigenvalue weighted by Crippen LogP contribution is -2.51. The Kier molecular flexibility index (Phi) is 5.11. The third-order valence-electron chi connectivity index (χ3n) is 5.09. The Labute approximate surface area is 159 Å². The van der Waals surface area contributed by atoms with Gasteiger partial charge in [0.25, 0.3) is 5.91 Å². The Balaban J connectivity index is 1.47. The first-order valence-electron chi connectivity index (χ1n) is 9.68. The van der Waals surface area contributed by atoms with Crippen molar-refractivity contribution in [1.29, 1.82) is 0 Å². The maximum absolute atomic E-state index is 12.5. The van der Waals surface area contributed by atoms with Crippen LogP contribution in [0.3, 0.4) is 0 Å². The minimum atomic E-state index is -0.231. The van der Waals surface area contributed by atoms with Crippen LogP contribution in [0, 0.1) is 0 Å². The zero-order valence-electron chi connectivity index (χ0n) is 15.9. The van der Waals surface area contributed by atoms with Crippen molar-refractivity contribution in [3.05, 3.63) is 24.5 Å². The fraction of sp³-hybridized carbons (Fsp3) is 0.550. The summed E-state index contributed by atoms with van der Waals surface area (Å²) < 4.78 is 11.4. The van der Waals surface area contributed by atoms with E-state index in [9.17, 15) is 4.79 Å². The van der Waals surface area contributed by atoms with Crippen LogP contribution in [0.25, 0.3) is 10.9 Å². The number of benzene rings is 1. The molecule has 2 aliphatic heterocycles. The molecule has 0 radical (unpaired) electrons. The van der Waals surface area contributed by atoms with Gasteiger partial charge in [0.15, 0.2) is 0 Å². The molecule has 1 aromatic heterocycles. The summed E-state index contributed by atoms with van der Waals surface area (Å²) in [5, 5.41) is 0.918. The van der Waals surface area contributed by atoms with Gasteiger partial charge in [-0.3, -0.25) is 4.79 Å². The zero-order chi connectivity index (χ0) is 18.8. The summed E-state index contributed by atoms with van der Waals surface area (Å²) >= 11 is 0. The van der Waals surface area contributed by atoms with Gasteiger partial charge in [0, 0.05) is 38.5 Å². The number of carbonyl (C=O) groups excluding carboxylic acids is 1. The monoisotopic (exact) mass is 370 g/mol. The van der Waals surface area contributed by atoms with Crippen LogP contribution in [0.5, 0.6) is 5.88 Å². The van der Waals surface area contributed by atoms with Crippen LogP contribution in [-0.4, -0.2) is 65.8 Å². The molecule has 1 amide bonds. The van der Waals surface area contributed by atoms with Crippen molar-refractivity contribution in [2.24, 2.45) is 0 Å². The highest BCUT2D eigenvalue weighted by atomic mass is 16.5. The summed E-state index contributed by atoms with van der Waals surface area (Å²) in [5.41, 5.74) is 1.98. The molecule has 144 valence electrons. The predicted molar refractivity (Wildman–Crippen MR) is 103 cm³/mol. The number of carbonyl (C=O) groups is 1. The lowest BCUT2D eigenvalue weighted by Gasteiger charge is -2.37. The minimum Gasteiger partial charge on any atom is -0.474 e. The minimum absolute atomic E-state index is 0.0547. The zero-order valence-corrected chi connectivity index (χ0v) is 15.9. The normalized spacial score (nSPS) is 20.5. The second-order valence-corrected chi connectivity index (χ2v) is 7.36. The highest BCUT2D eigenvalue weighted by Gasteiger charge is 2.30. The van der Waals surface area contributed by atoms with Crippen LogP contribution in [0.4, 0.5) is 5.69 Å². The average Bonchev–Trinajstić information content (AvgIpc) is 3.22. The van der Waals surface area contributed by atoms with Gasteiger partial charge in [0.05, 0.1) is 17.0 Å². The first kappa shape index (κ1) is 18.0. The van der Waals surface area contributed by atoms with Crippen LogP contribution < -0.4 is 9.64 Å². The van der Waals surface area contributed by atoms with E-state index in [1.807, 2.05) is 24.8 Å². The molecule has 1 atom stereocenters. The molecule has 1 aromatic carbocycles. The number of fused-ring (bicyclic) bond motifs is 1. The maximum Gasteiger partial charge on any atom is 0.251 e. The molecular formula is C20H26N4O3. The summed E-state index contributed by atoms with van der Waals surface area (Å²) in [4.78, 5) is 25.4. The van der Waals surface area contributed by atoms with Crippen LogP contribution in [-0.2, 0) is 9.53 Å². The summed E-state index contributed by atoms with van der Waals surface area (Å²) in [6, 6.07) is 6.17. The summed E-state index contributed by atoms with van der Waals surface area (Å²) in [5.74, 6) is 0.760. The van der Waals surface area contributed by atoms with Gasteiger partial charge in [-0.15, -0.1) is 0 Å². The Morgan fingerprint density at radius 1 is 1.22 bits per heavy atom. The third-order valence-corrected chi connectivity index (χ3v) is 5.09. The second kappa shape index (κ2) is 7.68. The van der Waals surface area contributed by atoms with Gasteiger partial charge in [0.1, 0.15) is 12.4 Å². The molecule has 7 nitrogen and oxygen atoms in total. The first-order chi connectivity index (χ1) is 13.1. The maximum atomic E-state index is 12.5. The third kappa shape index (κ3) is 3.83. The molecule has 2 aromatic rings. The number of piperazine rings is 1. The smallest absolute Gasteiger partial charge is 0.251 e. The van der Waals surface area contributed by atoms with E-state index in [0.717, 1.165) is 55.6 Å². The number of ether oxygens (including phenoxy) is 2. The van der Waals surface area contributed by atoms with Crippen LogP contribution in [0.1, 0.15) is 26.7 Å². The van der Waals surface area contributed by atoms with E-state index in [2.05, 4.69) is 27.0 Å². The van der Waals surface area contributed by atoms with Gasteiger partial charge in [-0.1, -0.05) is 0 Å². The van der Waals surface area contributed by atoms with Gasteiger partial charge in [-0.2, -0.15) is 0 Å². The number of hydrogen-bond donors (Lipinski definition) is 0. The van der Waals surface area contributed by atoms with Crippen molar-refractivity contribution >= 4 is 22.5 Å². The van der Waals surface area contributed by atoms with Crippen molar-refractivity contribution < 1.29 is 14.3 Å². The van der Waals surface area contributed by atoms with Gasteiger partial charge < -0.3 is 19.3 Å². The molecule has 7 heteroatoms. The first-order valence-corrected chi connectivity index (χ1v) is 9.68. The van der Waals surface area contributed by atoms with Crippen molar-refractivity contribution in [2.75, 3.05) is 37.7 Å². The van der Waals surface area contributed by atoms with Crippen molar-refractivity contribution in [3.63, 3.8) is 0 Å². The highest BCUT2D eigenvalue weighted by Crippen LogP contribution is 2.28. The SMILES string of the molecule is CC(C)Oc1ncnc2ccc(N3CCN(C(=O)C4CCCO4)CC3)cc12. The number of aromatic nitrogens is 2. The van der Waals surface area contributed by atoms with Crippen molar-refractivity contribution in [3.8, 4) is 5.88 Å². The summed E-state index contributed by atoms with van der Waals surface area (Å²) in [7, 11) is 0. The molecule has 2 fully saturated rings. The van der Waals surface area contributed by atoms with E-state index in [1.54, 1.807) is 0 Å². The molecule has 0 spiro atoms. The van der Waals surface area contributed by atoms with E-state index in [1.165, 1.54) is 6.33 Å². The number of anilines is 1. The summed E-state index contributed by atoms with van der Waals surface area (Å²) in [6.07, 6.45) is 3.19. The van der Waals surface area contributed by atoms with Crippen LogP contribution in [0.15, 0.2) is 24.5 Å². The van der Waals surface area contributed by atoms with Crippen LogP contribution >= 0.6 is 0 Å². The lowest BCUT2D eigenvalue weighted by atomic mass is 10.1. The number of nitrogens with zero attached hydrogens (tertiary/aromatic N) is 4. The molecule has 27 heavy (non-hydrogen) atoms. The fourth-order valence-corrected chi connectivity index (χ4v) is 3.70. The number of rotatable bonds is 4. The predicted octanol–water partition coefficient (Wildman–Crippen LogP) is 2.24. The Hall–Kier alpha value is -2.41. The van der Waals surface area contributed by atoms with Gasteiger partial charge >= 0.3 is 0 Å². The van der Waals surface area contributed by atoms with E-state index < -0.39 is 0 Å². The second-order valence-electron chi connectivity index (χ2n) is 7.36. The van der Waals surface area contributed by atoms with E-state index in [-0.39, 0.29) is 18.1 Å². The molecule has 0 bridgehead atoms. The highest BCUT2D eigenvalue weighted by molar-refractivity contribution is 5.87. The van der Waals surface area contributed by atoms with E-state index >= 15 is 0 Å². The number of amides is 1. The number of hydrogen-bond acceptors (Lipinski definition) is 6. The summed E-state index contributed by atoms with van der Waals surface area (Å²) in [6.45, 7) is 7.73. The Morgan fingerprint density at radius 2 is 2.04 bits per heavy atom.